The van der Waals surface area contributed by atoms with Crippen molar-refractivity contribution in [3.63, 3.8) is 0 Å². The number of nitrogens with one attached hydrogen (secondary N) is 1. The molecule has 30 heavy (non-hydrogen) atoms. The van der Waals surface area contributed by atoms with Gasteiger partial charge >= 0.3 is 0 Å². The molecule has 5 nitrogen and oxygen atoms in total. The third-order valence-electron chi connectivity index (χ3n) is 6.01. The van der Waals surface area contributed by atoms with Crippen molar-refractivity contribution < 1.29 is 4.79 Å². The van der Waals surface area contributed by atoms with Crippen LogP contribution in [0.3, 0.4) is 0 Å². The van der Waals surface area contributed by atoms with Crippen molar-refractivity contribution in [2.45, 2.75) is 69.3 Å². The molecule has 1 aromatic heterocycles. The first kappa shape index (κ1) is 21.2. The monoisotopic (exact) mass is 424 g/mol. The van der Waals surface area contributed by atoms with Crippen molar-refractivity contribution in [3.8, 4) is 0 Å². The molecule has 0 radical (unpaired) electrons. The van der Waals surface area contributed by atoms with Gasteiger partial charge in [0.1, 0.15) is 5.82 Å². The van der Waals surface area contributed by atoms with Crippen LogP contribution in [0.1, 0.15) is 67.6 Å². The maximum Gasteiger partial charge on any atom is 0.251 e. The fourth-order valence-electron chi connectivity index (χ4n) is 3.90. The second kappa shape index (κ2) is 9.82. The van der Waals surface area contributed by atoms with E-state index in [2.05, 4.69) is 36.2 Å². The topological polar surface area (TPSA) is 58.1 Å². The van der Waals surface area contributed by atoms with E-state index in [1.807, 2.05) is 18.2 Å². The van der Waals surface area contributed by atoms with Gasteiger partial charge in [0.2, 0.25) is 0 Å². The van der Waals surface area contributed by atoms with E-state index in [-0.39, 0.29) is 5.91 Å². The fraction of sp³-hybridized carbons (Fsp3) is 0.542. The lowest BCUT2D eigenvalue weighted by molar-refractivity contribution is 0.0951. The summed E-state index contributed by atoms with van der Waals surface area (Å²) in [5.74, 6) is 2.53. The zero-order valence-corrected chi connectivity index (χ0v) is 18.9. The third kappa shape index (κ3) is 5.54. The molecule has 0 unspecified atom stereocenters. The molecule has 1 aliphatic heterocycles. The quantitative estimate of drug-likeness (QED) is 0.485. The number of hydrogen-bond donors (Lipinski definition) is 1. The van der Waals surface area contributed by atoms with E-state index in [9.17, 15) is 4.79 Å². The number of benzene rings is 1. The normalized spacial score (nSPS) is 19.0. The minimum Gasteiger partial charge on any atom is -0.354 e. The van der Waals surface area contributed by atoms with Gasteiger partial charge in [-0.15, -0.1) is 0 Å². The minimum absolute atomic E-state index is 0.0272. The summed E-state index contributed by atoms with van der Waals surface area (Å²) in [6.45, 7) is 6.31. The SMILES string of the molecule is CCc1cc(N2CCCC[C@H]2C)nc(SCc2cccc(C(=O)NCC3CC3)c2)n1. The second-order valence-corrected chi connectivity index (χ2v) is 9.48. The summed E-state index contributed by atoms with van der Waals surface area (Å²) in [5, 5.41) is 3.87. The van der Waals surface area contributed by atoms with Crippen LogP contribution in [0.25, 0.3) is 0 Å². The predicted octanol–water partition coefficient (Wildman–Crippen LogP) is 4.85. The molecular formula is C24H32N4OS. The van der Waals surface area contributed by atoms with Gasteiger partial charge in [-0.2, -0.15) is 0 Å². The number of aromatic nitrogens is 2. The van der Waals surface area contributed by atoms with Gasteiger partial charge in [0.25, 0.3) is 5.91 Å². The van der Waals surface area contributed by atoms with Crippen LogP contribution in [0.5, 0.6) is 0 Å². The minimum atomic E-state index is 0.0272. The maximum absolute atomic E-state index is 12.4. The maximum atomic E-state index is 12.4. The average Bonchev–Trinajstić information content (AvgIpc) is 3.61. The first-order valence-electron chi connectivity index (χ1n) is 11.3. The summed E-state index contributed by atoms with van der Waals surface area (Å²) in [6, 6.07) is 10.6. The summed E-state index contributed by atoms with van der Waals surface area (Å²) in [6.07, 6.45) is 7.15. The highest BCUT2D eigenvalue weighted by Gasteiger charge is 2.22. The van der Waals surface area contributed by atoms with E-state index in [1.165, 1.54) is 32.1 Å². The van der Waals surface area contributed by atoms with E-state index in [4.69, 9.17) is 9.97 Å². The van der Waals surface area contributed by atoms with E-state index in [1.54, 1.807) is 11.8 Å². The molecule has 1 saturated heterocycles. The number of nitrogens with zero attached hydrogens (tertiary/aromatic N) is 3. The van der Waals surface area contributed by atoms with E-state index in [0.29, 0.717) is 12.0 Å². The van der Waals surface area contributed by atoms with Crippen molar-refractivity contribution in [1.29, 1.82) is 0 Å². The van der Waals surface area contributed by atoms with Gasteiger partial charge in [-0.05, 0) is 69.1 Å². The zero-order valence-electron chi connectivity index (χ0n) is 18.1. The van der Waals surface area contributed by atoms with Gasteiger partial charge in [-0.25, -0.2) is 9.97 Å². The number of piperidine rings is 1. The Bertz CT molecular complexity index is 883. The molecule has 1 amide bonds. The Balaban J connectivity index is 1.43. The molecule has 2 aromatic rings. The molecule has 4 rings (SSSR count). The van der Waals surface area contributed by atoms with E-state index >= 15 is 0 Å². The Morgan fingerprint density at radius 3 is 2.83 bits per heavy atom. The fourth-order valence-corrected chi connectivity index (χ4v) is 4.72. The molecule has 2 aliphatic rings. The van der Waals surface area contributed by atoms with Crippen LogP contribution in [-0.2, 0) is 12.2 Å². The van der Waals surface area contributed by atoms with Crippen molar-refractivity contribution >= 4 is 23.5 Å². The predicted molar refractivity (Wildman–Crippen MR) is 123 cm³/mol. The van der Waals surface area contributed by atoms with Crippen LogP contribution in [0.4, 0.5) is 5.82 Å². The van der Waals surface area contributed by atoms with Gasteiger partial charge in [-0.1, -0.05) is 30.8 Å². The molecule has 1 aromatic carbocycles. The Hall–Kier alpha value is -2.08. The molecule has 1 N–H and O–H groups in total. The first-order valence-corrected chi connectivity index (χ1v) is 12.3. The number of rotatable bonds is 8. The van der Waals surface area contributed by atoms with Gasteiger partial charge in [-0.3, -0.25) is 4.79 Å². The summed E-state index contributed by atoms with van der Waals surface area (Å²) in [4.78, 5) is 24.4. The summed E-state index contributed by atoms with van der Waals surface area (Å²) < 4.78 is 0. The molecule has 160 valence electrons. The standard InChI is InChI=1S/C24H32N4OS/c1-3-21-14-22(28-12-5-4-7-17(28)2)27-24(26-21)30-16-19-8-6-9-20(13-19)23(29)25-15-18-10-11-18/h6,8-9,13-14,17-18H,3-5,7,10-12,15-16H2,1-2H3,(H,25,29)/t17-/m1/s1. The van der Waals surface area contributed by atoms with Gasteiger partial charge in [0, 0.05) is 42.2 Å². The number of aryl methyl sites for hydroxylation is 1. The highest BCUT2D eigenvalue weighted by Crippen LogP contribution is 2.28. The Morgan fingerprint density at radius 2 is 2.07 bits per heavy atom. The van der Waals surface area contributed by atoms with Crippen LogP contribution < -0.4 is 10.2 Å². The summed E-state index contributed by atoms with van der Waals surface area (Å²) >= 11 is 1.65. The number of thioether (sulfide) groups is 1. The van der Waals surface area contributed by atoms with Crippen molar-refractivity contribution in [3.05, 3.63) is 47.2 Å². The van der Waals surface area contributed by atoms with Crippen LogP contribution >= 0.6 is 11.8 Å². The van der Waals surface area contributed by atoms with Crippen LogP contribution in [0.15, 0.2) is 35.5 Å². The molecule has 1 atom stereocenters. The molecule has 2 fully saturated rings. The van der Waals surface area contributed by atoms with E-state index < -0.39 is 0 Å². The second-order valence-electron chi connectivity index (χ2n) is 8.53. The molecule has 1 saturated carbocycles. The third-order valence-corrected chi connectivity index (χ3v) is 6.93. The van der Waals surface area contributed by atoms with Gasteiger partial charge in [0.15, 0.2) is 5.16 Å². The first-order chi connectivity index (χ1) is 14.6. The van der Waals surface area contributed by atoms with Crippen LogP contribution in [0.2, 0.25) is 0 Å². The van der Waals surface area contributed by atoms with E-state index in [0.717, 1.165) is 53.1 Å². The number of anilines is 1. The van der Waals surface area contributed by atoms with Crippen molar-refractivity contribution in [2.75, 3.05) is 18.0 Å². The van der Waals surface area contributed by atoms with Crippen molar-refractivity contribution in [1.82, 2.24) is 15.3 Å². The Kier molecular flexibility index (Phi) is 6.93. The largest absolute Gasteiger partial charge is 0.354 e. The smallest absolute Gasteiger partial charge is 0.251 e. The summed E-state index contributed by atoms with van der Waals surface area (Å²) in [5.41, 5.74) is 2.95. The molecule has 2 heterocycles. The molecule has 0 bridgehead atoms. The highest BCUT2D eigenvalue weighted by atomic mass is 32.2. The Labute approximate surface area is 184 Å². The number of hydrogen-bond acceptors (Lipinski definition) is 5. The number of amides is 1. The molecule has 6 heteroatoms. The lowest BCUT2D eigenvalue weighted by Crippen LogP contribution is -2.38. The van der Waals surface area contributed by atoms with Crippen LogP contribution in [0, 0.1) is 5.92 Å². The molecule has 0 spiro atoms. The highest BCUT2D eigenvalue weighted by molar-refractivity contribution is 7.98. The van der Waals surface area contributed by atoms with Crippen LogP contribution in [-0.4, -0.2) is 35.0 Å². The zero-order chi connectivity index (χ0) is 20.9. The molecular weight excluding hydrogens is 392 g/mol. The number of carbonyl (C=O) groups excluding carboxylic acids is 1. The number of carbonyl (C=O) groups is 1. The van der Waals surface area contributed by atoms with Crippen molar-refractivity contribution in [2.24, 2.45) is 5.92 Å². The molecule has 1 aliphatic carbocycles. The Morgan fingerprint density at radius 1 is 1.20 bits per heavy atom. The van der Waals surface area contributed by atoms with Gasteiger partial charge < -0.3 is 10.2 Å². The average molecular weight is 425 g/mol. The van der Waals surface area contributed by atoms with Gasteiger partial charge in [0.05, 0.1) is 0 Å². The lowest BCUT2D eigenvalue weighted by atomic mass is 10.0. The lowest BCUT2D eigenvalue weighted by Gasteiger charge is -2.34. The summed E-state index contributed by atoms with van der Waals surface area (Å²) in [7, 11) is 0.